The Labute approximate surface area is 248 Å². The Hall–Kier alpha value is -2.90. The summed E-state index contributed by atoms with van der Waals surface area (Å²) in [6.07, 6.45) is 10.0. The van der Waals surface area contributed by atoms with E-state index in [4.69, 9.17) is 4.26 Å². The van der Waals surface area contributed by atoms with Crippen molar-refractivity contribution >= 4 is 16.4 Å². The Balaban J connectivity index is 1.60. The van der Waals surface area contributed by atoms with Crippen molar-refractivity contribution in [2.24, 2.45) is 0 Å². The van der Waals surface area contributed by atoms with Crippen molar-refractivity contribution in [1.82, 2.24) is 0 Å². The van der Waals surface area contributed by atoms with E-state index in [-0.39, 0.29) is 0 Å². The third-order valence-electron chi connectivity index (χ3n) is 13.4. The first-order valence-electron chi connectivity index (χ1n) is 16.0. The number of benzene rings is 4. The summed E-state index contributed by atoms with van der Waals surface area (Å²) in [6, 6.07) is 27.7. The van der Waals surface area contributed by atoms with Crippen molar-refractivity contribution < 1.29 is 15.1 Å². The van der Waals surface area contributed by atoms with Crippen molar-refractivity contribution in [1.29, 1.82) is 0 Å². The second-order valence-corrected chi connectivity index (χ2v) is 68.6. The first-order chi connectivity index (χ1) is 19.7. The van der Waals surface area contributed by atoms with Gasteiger partial charge in [0, 0.05) is 0 Å². The van der Waals surface area contributed by atoms with Crippen molar-refractivity contribution in [2.45, 2.75) is 66.6 Å². The van der Waals surface area contributed by atoms with Crippen molar-refractivity contribution in [3.05, 3.63) is 129 Å². The van der Waals surface area contributed by atoms with Crippen molar-refractivity contribution in [2.75, 3.05) is 0 Å². The van der Waals surface area contributed by atoms with Gasteiger partial charge in [-0.15, -0.1) is 0 Å². The van der Waals surface area contributed by atoms with Gasteiger partial charge in [-0.3, -0.25) is 0 Å². The van der Waals surface area contributed by atoms with Gasteiger partial charge in [-0.25, -0.2) is 0 Å². The van der Waals surface area contributed by atoms with E-state index in [9.17, 15) is 0 Å². The van der Waals surface area contributed by atoms with Crippen LogP contribution < -0.4 is 0 Å². The molecule has 4 aromatic rings. The molecule has 1 heteroatoms. The Morgan fingerprint density at radius 1 is 0.571 bits per heavy atom. The Bertz CT molecular complexity index is 1840. The van der Waals surface area contributed by atoms with Gasteiger partial charge < -0.3 is 0 Å². The summed E-state index contributed by atoms with van der Waals surface area (Å²) in [4.78, 5) is 0. The van der Waals surface area contributed by atoms with Crippen LogP contribution in [-0.4, -0.2) is 4.26 Å². The molecule has 0 fully saturated rings. The summed E-state index contributed by atoms with van der Waals surface area (Å²) in [5.74, 6) is 0. The average Bonchev–Trinajstić information content (AvgIpc) is 3.63. The molecular formula is C41H48Hf. The van der Waals surface area contributed by atoms with Crippen LogP contribution in [0.4, 0.5) is 0 Å². The van der Waals surface area contributed by atoms with Crippen LogP contribution in [0.2, 0.25) is 17.7 Å². The summed E-state index contributed by atoms with van der Waals surface area (Å²) in [5, 5.41) is 0. The van der Waals surface area contributed by atoms with Crippen LogP contribution in [0.15, 0.2) is 84.9 Å². The van der Waals surface area contributed by atoms with Gasteiger partial charge in [0.15, 0.2) is 0 Å². The summed E-state index contributed by atoms with van der Waals surface area (Å²) in [6.45, 7) is 13.8. The molecule has 0 N–H and O–H groups in total. The molecule has 0 heterocycles. The molecule has 2 aliphatic carbocycles. The number of rotatable bonds is 6. The molecule has 0 aromatic heterocycles. The topological polar surface area (TPSA) is 0 Å². The van der Waals surface area contributed by atoms with E-state index in [2.05, 4.69) is 148 Å². The van der Waals surface area contributed by atoms with E-state index >= 15 is 0 Å². The van der Waals surface area contributed by atoms with Crippen molar-refractivity contribution in [3.8, 4) is 22.3 Å². The molecule has 0 saturated carbocycles. The first-order valence-corrected chi connectivity index (χ1v) is 35.0. The van der Waals surface area contributed by atoms with Gasteiger partial charge in [-0.2, -0.15) is 0 Å². The number of aryl methyl sites for hydroxylation is 4. The molecule has 4 aromatic carbocycles. The molecule has 6 rings (SSSR count). The Morgan fingerprint density at radius 2 is 0.976 bits per heavy atom. The standard InChI is InChI=1S/2C17H15.2C2H5.2CH3.CH2.Hf/c2*1-12-9-10-13(2)17(11-12)16-8-4-6-14-5-3-7-15(14)16;2*1-2;;;;/h2*3-11H,1-2H3;2*1H2,2H3;2*1H3;1H2;. The van der Waals surface area contributed by atoms with E-state index in [1.54, 1.807) is 0 Å². The molecule has 0 saturated heterocycles. The predicted octanol–water partition coefficient (Wildman–Crippen LogP) is 12.3. The fourth-order valence-electron chi connectivity index (χ4n) is 8.88. The zero-order valence-electron chi connectivity index (χ0n) is 27.0. The van der Waals surface area contributed by atoms with Gasteiger partial charge >= 0.3 is 250 Å². The van der Waals surface area contributed by atoms with Crippen LogP contribution in [0.5, 0.6) is 0 Å². The number of allylic oxidation sites excluding steroid dienone is 2. The zero-order valence-corrected chi connectivity index (χ0v) is 30.6. The third-order valence-corrected chi connectivity index (χ3v) is 61.2. The van der Waals surface area contributed by atoms with Gasteiger partial charge in [0.1, 0.15) is 0 Å². The van der Waals surface area contributed by atoms with Crippen LogP contribution in [-0.2, 0) is 15.1 Å². The van der Waals surface area contributed by atoms with Gasteiger partial charge in [0.2, 0.25) is 0 Å². The van der Waals surface area contributed by atoms with Crippen LogP contribution >= 0.6 is 0 Å². The van der Waals surface area contributed by atoms with E-state index in [1.165, 1.54) is 66.8 Å². The minimum absolute atomic E-state index is 0.314. The second-order valence-electron chi connectivity index (χ2n) is 16.6. The Kier molecular flexibility index (Phi) is 5.97. The molecule has 0 nitrogen and oxygen atoms in total. The molecule has 0 radical (unpaired) electrons. The third kappa shape index (κ3) is 3.78. The molecule has 0 bridgehead atoms. The van der Waals surface area contributed by atoms with Crippen LogP contribution in [0.25, 0.3) is 34.4 Å². The van der Waals surface area contributed by atoms with Crippen LogP contribution in [0.1, 0.15) is 65.7 Å². The summed E-state index contributed by atoms with van der Waals surface area (Å²) < 4.78 is 14.0. The number of fused-ring (bicyclic) bond motifs is 2. The van der Waals surface area contributed by atoms with Crippen LogP contribution in [0.3, 0.4) is 0 Å². The second kappa shape index (κ2) is 8.60. The minimum atomic E-state index is -5.17. The molecule has 0 amide bonds. The monoisotopic (exact) mass is 720 g/mol. The molecule has 2 atom stereocenters. The van der Waals surface area contributed by atoms with E-state index in [0.717, 1.165) is 8.35 Å². The fraction of sp³-hybridized carbons (Fsp3) is 0.293. The molecule has 0 aliphatic heterocycles. The maximum atomic E-state index is 5.73. The quantitative estimate of drug-likeness (QED) is 0.174. The predicted molar refractivity (Wildman–Crippen MR) is 186 cm³/mol. The average molecular weight is 719 g/mol. The summed E-state index contributed by atoms with van der Waals surface area (Å²) in [5.41, 5.74) is 16.4. The molecule has 2 aliphatic rings. The molecule has 42 heavy (non-hydrogen) atoms. The van der Waals surface area contributed by atoms with Gasteiger partial charge in [-0.1, -0.05) is 0 Å². The summed E-state index contributed by atoms with van der Waals surface area (Å²) >= 11 is -5.17. The van der Waals surface area contributed by atoms with Crippen molar-refractivity contribution in [3.63, 3.8) is 0 Å². The zero-order chi connectivity index (χ0) is 30.2. The van der Waals surface area contributed by atoms with Gasteiger partial charge in [-0.05, 0) is 0 Å². The molecule has 0 spiro atoms. The van der Waals surface area contributed by atoms with E-state index in [1.807, 2.05) is 0 Å². The number of hydrogen-bond donors (Lipinski definition) is 0. The fourth-order valence-corrected chi connectivity index (χ4v) is 37.9. The SMILES string of the molecule is [CH2]=[Hf]([CH3])([CH3])([CH2]C)([CH2]C)([CH]1C=Cc2c(-c3cc(C)ccc3C)cccc21)[CH]1C=Cc2c(-c3cc(C)ccc3C)cccc21. The molecular weight excluding hydrogens is 671 g/mol. The summed E-state index contributed by atoms with van der Waals surface area (Å²) in [7, 11) is 0. The molecule has 216 valence electrons. The maximum absolute atomic E-state index is 5.73. The first kappa shape index (κ1) is 29.2. The van der Waals surface area contributed by atoms with Gasteiger partial charge in [0.05, 0.1) is 0 Å². The van der Waals surface area contributed by atoms with E-state index < -0.39 is 15.1 Å². The Morgan fingerprint density at radius 3 is 1.36 bits per heavy atom. The van der Waals surface area contributed by atoms with Crippen LogP contribution in [0, 0.1) is 27.7 Å². The van der Waals surface area contributed by atoms with Gasteiger partial charge in [0.25, 0.3) is 0 Å². The number of hydrogen-bond acceptors (Lipinski definition) is 0. The van der Waals surface area contributed by atoms with E-state index in [0.29, 0.717) is 7.35 Å². The normalized spacial score (nSPS) is 20.0. The molecule has 2 unspecified atom stereocenters.